The molecule has 0 radical (unpaired) electrons. The normalized spacial score (nSPS) is 12.9. The van der Waals surface area contributed by atoms with Gasteiger partial charge >= 0.3 is 0 Å². The van der Waals surface area contributed by atoms with E-state index in [4.69, 9.17) is 5.73 Å². The number of thiazole rings is 1. The fourth-order valence-electron chi connectivity index (χ4n) is 1.55. The van der Waals surface area contributed by atoms with E-state index in [1.165, 1.54) is 0 Å². The topological polar surface area (TPSA) is 56.7 Å². The van der Waals surface area contributed by atoms with E-state index in [9.17, 15) is 0 Å². The Morgan fingerprint density at radius 3 is 3.00 bits per heavy atom. The molecule has 0 amide bonds. The predicted octanol–water partition coefficient (Wildman–Crippen LogP) is 2.11. The lowest BCUT2D eigenvalue weighted by atomic mass is 10.2. The van der Waals surface area contributed by atoms with Gasteiger partial charge in [0.05, 0.1) is 12.2 Å². The lowest BCUT2D eigenvalue weighted by Gasteiger charge is -2.04. The van der Waals surface area contributed by atoms with E-state index in [0.717, 1.165) is 29.2 Å². The summed E-state index contributed by atoms with van der Waals surface area (Å²) >= 11 is 1.60. The first-order chi connectivity index (χ1) is 7.70. The third-order valence-corrected chi connectivity index (χ3v) is 3.41. The molecule has 1 atom stereocenters. The third kappa shape index (κ3) is 2.31. The third-order valence-electron chi connectivity index (χ3n) is 2.37. The molecule has 2 N–H and O–H groups in total. The van der Waals surface area contributed by atoms with Crippen LogP contribution in [-0.2, 0) is 6.54 Å². The molecule has 0 fully saturated rings. The Hall–Kier alpha value is -1.20. The van der Waals surface area contributed by atoms with Crippen LogP contribution in [0.4, 0.5) is 0 Å². The zero-order valence-corrected chi connectivity index (χ0v) is 10.4. The van der Waals surface area contributed by atoms with Gasteiger partial charge in [0.1, 0.15) is 5.01 Å². The second kappa shape index (κ2) is 4.76. The molecule has 0 saturated heterocycles. The Morgan fingerprint density at radius 2 is 2.38 bits per heavy atom. The van der Waals surface area contributed by atoms with E-state index >= 15 is 0 Å². The Balaban J connectivity index is 2.17. The maximum absolute atomic E-state index is 6.13. The van der Waals surface area contributed by atoms with Crippen LogP contribution in [0.25, 0.3) is 0 Å². The Labute approximate surface area is 99.1 Å². The van der Waals surface area contributed by atoms with Crippen molar-refractivity contribution >= 4 is 11.3 Å². The molecule has 0 aliphatic rings. The summed E-state index contributed by atoms with van der Waals surface area (Å²) in [5.74, 6) is 0. The molecule has 16 heavy (non-hydrogen) atoms. The minimum absolute atomic E-state index is 0.149. The van der Waals surface area contributed by atoms with Crippen molar-refractivity contribution in [2.24, 2.45) is 5.73 Å². The van der Waals surface area contributed by atoms with Crippen LogP contribution in [0.2, 0.25) is 0 Å². The fraction of sp³-hybridized carbons (Fsp3) is 0.455. The molecule has 2 rings (SSSR count). The minimum atomic E-state index is -0.149. The summed E-state index contributed by atoms with van der Waals surface area (Å²) in [5, 5.41) is 7.24. The van der Waals surface area contributed by atoms with Gasteiger partial charge in [-0.1, -0.05) is 6.92 Å². The lowest BCUT2D eigenvalue weighted by Crippen LogP contribution is -2.10. The Bertz CT molecular complexity index is 460. The summed E-state index contributed by atoms with van der Waals surface area (Å²) in [4.78, 5) is 4.40. The lowest BCUT2D eigenvalue weighted by molar-refractivity contribution is 0.602. The molecular formula is C11H16N4S. The summed E-state index contributed by atoms with van der Waals surface area (Å²) in [6, 6.07) is -0.149. The molecule has 2 heterocycles. The monoisotopic (exact) mass is 236 g/mol. The molecular weight excluding hydrogens is 220 g/mol. The molecule has 0 aliphatic heterocycles. The number of nitrogens with two attached hydrogens (primary N) is 1. The van der Waals surface area contributed by atoms with Crippen molar-refractivity contribution in [3.63, 3.8) is 0 Å². The molecule has 0 saturated carbocycles. The quantitative estimate of drug-likeness (QED) is 0.884. The molecule has 4 nitrogen and oxygen atoms in total. The first-order valence-corrected chi connectivity index (χ1v) is 6.28. The van der Waals surface area contributed by atoms with Crippen molar-refractivity contribution in [2.75, 3.05) is 0 Å². The molecule has 0 bridgehead atoms. The highest BCUT2D eigenvalue weighted by molar-refractivity contribution is 7.09. The van der Waals surface area contributed by atoms with E-state index in [2.05, 4.69) is 17.0 Å². The van der Waals surface area contributed by atoms with Gasteiger partial charge in [-0.25, -0.2) is 4.98 Å². The van der Waals surface area contributed by atoms with Gasteiger partial charge in [0.2, 0.25) is 0 Å². The molecule has 0 aliphatic carbocycles. The van der Waals surface area contributed by atoms with Gasteiger partial charge in [-0.2, -0.15) is 5.10 Å². The SMILES string of the molecule is CCCn1cc(C(N)c2nc(C)cs2)cn1. The van der Waals surface area contributed by atoms with Crippen LogP contribution < -0.4 is 5.73 Å². The summed E-state index contributed by atoms with van der Waals surface area (Å²) in [7, 11) is 0. The second-order valence-electron chi connectivity index (χ2n) is 3.84. The number of aryl methyl sites for hydroxylation is 2. The first kappa shape index (κ1) is 11.3. The van der Waals surface area contributed by atoms with Gasteiger partial charge in [-0.05, 0) is 13.3 Å². The minimum Gasteiger partial charge on any atom is -0.318 e. The number of rotatable bonds is 4. The van der Waals surface area contributed by atoms with Crippen LogP contribution in [0.1, 0.15) is 35.7 Å². The Morgan fingerprint density at radius 1 is 1.56 bits per heavy atom. The molecule has 86 valence electrons. The van der Waals surface area contributed by atoms with Crippen LogP contribution in [-0.4, -0.2) is 14.8 Å². The van der Waals surface area contributed by atoms with Crippen molar-refractivity contribution in [3.8, 4) is 0 Å². The molecule has 0 spiro atoms. The largest absolute Gasteiger partial charge is 0.318 e. The van der Waals surface area contributed by atoms with E-state index in [1.54, 1.807) is 11.3 Å². The number of hydrogen-bond acceptors (Lipinski definition) is 4. The van der Waals surface area contributed by atoms with Gasteiger partial charge in [-0.15, -0.1) is 11.3 Å². The maximum Gasteiger partial charge on any atom is 0.114 e. The standard InChI is InChI=1S/C11H16N4S/c1-3-4-15-6-9(5-13-15)10(12)11-14-8(2)7-16-11/h5-7,10H,3-4,12H2,1-2H3. The summed E-state index contributed by atoms with van der Waals surface area (Å²) in [6.45, 7) is 5.04. The van der Waals surface area contributed by atoms with Crippen LogP contribution in [0, 0.1) is 6.92 Å². The van der Waals surface area contributed by atoms with Gasteiger partial charge in [0, 0.05) is 29.4 Å². The Kier molecular flexibility index (Phi) is 3.36. The average molecular weight is 236 g/mol. The predicted molar refractivity (Wildman–Crippen MR) is 65.4 cm³/mol. The van der Waals surface area contributed by atoms with E-state index in [1.807, 2.05) is 29.4 Å². The van der Waals surface area contributed by atoms with Crippen molar-refractivity contribution in [2.45, 2.75) is 32.9 Å². The zero-order valence-electron chi connectivity index (χ0n) is 9.55. The van der Waals surface area contributed by atoms with Crippen LogP contribution in [0.3, 0.4) is 0 Å². The number of aromatic nitrogens is 3. The van der Waals surface area contributed by atoms with Crippen molar-refractivity contribution in [1.29, 1.82) is 0 Å². The molecule has 5 heteroatoms. The summed E-state index contributed by atoms with van der Waals surface area (Å²) < 4.78 is 1.93. The molecule has 2 aromatic rings. The van der Waals surface area contributed by atoms with Gasteiger partial charge in [-0.3, -0.25) is 4.68 Å². The highest BCUT2D eigenvalue weighted by atomic mass is 32.1. The highest BCUT2D eigenvalue weighted by Gasteiger charge is 2.14. The number of nitrogens with zero attached hydrogens (tertiary/aromatic N) is 3. The highest BCUT2D eigenvalue weighted by Crippen LogP contribution is 2.22. The van der Waals surface area contributed by atoms with E-state index in [0.29, 0.717) is 0 Å². The van der Waals surface area contributed by atoms with Crippen LogP contribution in [0.15, 0.2) is 17.8 Å². The van der Waals surface area contributed by atoms with E-state index in [-0.39, 0.29) is 6.04 Å². The summed E-state index contributed by atoms with van der Waals surface area (Å²) in [6.07, 6.45) is 4.91. The second-order valence-corrected chi connectivity index (χ2v) is 4.73. The molecule has 2 aromatic heterocycles. The average Bonchev–Trinajstić information content (AvgIpc) is 2.87. The van der Waals surface area contributed by atoms with Crippen molar-refractivity contribution < 1.29 is 0 Å². The van der Waals surface area contributed by atoms with E-state index < -0.39 is 0 Å². The van der Waals surface area contributed by atoms with Gasteiger partial charge in [0.25, 0.3) is 0 Å². The van der Waals surface area contributed by atoms with Crippen LogP contribution >= 0.6 is 11.3 Å². The molecule has 1 unspecified atom stereocenters. The van der Waals surface area contributed by atoms with Crippen molar-refractivity contribution in [1.82, 2.24) is 14.8 Å². The van der Waals surface area contributed by atoms with Gasteiger partial charge in [0.15, 0.2) is 0 Å². The summed E-state index contributed by atoms with van der Waals surface area (Å²) in [5.41, 5.74) is 8.19. The zero-order chi connectivity index (χ0) is 11.5. The maximum atomic E-state index is 6.13. The van der Waals surface area contributed by atoms with Gasteiger partial charge < -0.3 is 5.73 Å². The van der Waals surface area contributed by atoms with Crippen LogP contribution in [0.5, 0.6) is 0 Å². The number of hydrogen-bond donors (Lipinski definition) is 1. The fourth-order valence-corrected chi connectivity index (χ4v) is 2.37. The molecule has 0 aromatic carbocycles. The first-order valence-electron chi connectivity index (χ1n) is 5.40. The smallest absolute Gasteiger partial charge is 0.114 e. The van der Waals surface area contributed by atoms with Crippen molar-refractivity contribution in [3.05, 3.63) is 34.0 Å².